The van der Waals surface area contributed by atoms with Crippen molar-refractivity contribution in [3.8, 4) is 0 Å². The second-order valence-corrected chi connectivity index (χ2v) is 5.35. The lowest BCUT2D eigenvalue weighted by molar-refractivity contribution is 0.515. The number of thiazole rings is 1. The molecule has 2 rings (SSSR count). The standard InChI is InChI=1S/C15H21N3S/c1-3-7-16-14(15-10-19-11-18-15)8-13-6-5-12(4-2)9-17-13/h5-6,9-11,14,16H,3-4,7-8H2,1-2H3. The van der Waals surface area contributed by atoms with Crippen molar-refractivity contribution in [2.24, 2.45) is 0 Å². The largest absolute Gasteiger partial charge is 0.308 e. The van der Waals surface area contributed by atoms with Gasteiger partial charge in [0.1, 0.15) is 0 Å². The number of aromatic nitrogens is 2. The van der Waals surface area contributed by atoms with E-state index in [-0.39, 0.29) is 6.04 Å². The molecule has 0 bridgehead atoms. The van der Waals surface area contributed by atoms with E-state index in [4.69, 9.17) is 0 Å². The number of hydrogen-bond acceptors (Lipinski definition) is 4. The highest BCUT2D eigenvalue weighted by Crippen LogP contribution is 2.17. The minimum absolute atomic E-state index is 0.270. The molecule has 0 aliphatic carbocycles. The fourth-order valence-corrected chi connectivity index (χ4v) is 2.60. The van der Waals surface area contributed by atoms with E-state index in [1.807, 2.05) is 11.7 Å². The van der Waals surface area contributed by atoms with Crippen molar-refractivity contribution < 1.29 is 0 Å². The molecule has 2 heterocycles. The predicted octanol–water partition coefficient (Wildman–Crippen LogP) is 3.38. The second-order valence-electron chi connectivity index (χ2n) is 4.64. The first-order valence-corrected chi connectivity index (χ1v) is 7.83. The van der Waals surface area contributed by atoms with Crippen LogP contribution in [-0.4, -0.2) is 16.5 Å². The molecular formula is C15H21N3S. The highest BCUT2D eigenvalue weighted by molar-refractivity contribution is 7.07. The van der Waals surface area contributed by atoms with Crippen LogP contribution in [0, 0.1) is 0 Å². The molecule has 1 unspecified atom stereocenters. The molecule has 0 aromatic carbocycles. The van der Waals surface area contributed by atoms with Crippen molar-refractivity contribution in [1.82, 2.24) is 15.3 Å². The molecule has 4 heteroatoms. The zero-order chi connectivity index (χ0) is 13.5. The van der Waals surface area contributed by atoms with Gasteiger partial charge in [-0.2, -0.15) is 0 Å². The van der Waals surface area contributed by atoms with Crippen LogP contribution in [0.15, 0.2) is 29.2 Å². The van der Waals surface area contributed by atoms with Crippen LogP contribution >= 0.6 is 11.3 Å². The van der Waals surface area contributed by atoms with Gasteiger partial charge in [-0.15, -0.1) is 11.3 Å². The van der Waals surface area contributed by atoms with Crippen LogP contribution in [0.2, 0.25) is 0 Å². The van der Waals surface area contributed by atoms with Crippen molar-refractivity contribution >= 4 is 11.3 Å². The lowest BCUT2D eigenvalue weighted by Crippen LogP contribution is -2.24. The summed E-state index contributed by atoms with van der Waals surface area (Å²) < 4.78 is 0. The Morgan fingerprint density at radius 3 is 2.74 bits per heavy atom. The number of rotatable bonds is 7. The highest BCUT2D eigenvalue weighted by Gasteiger charge is 2.14. The monoisotopic (exact) mass is 275 g/mol. The van der Waals surface area contributed by atoms with Gasteiger partial charge in [-0.1, -0.05) is 19.9 Å². The summed E-state index contributed by atoms with van der Waals surface area (Å²) in [6.07, 6.45) is 5.04. The Morgan fingerprint density at radius 1 is 1.26 bits per heavy atom. The van der Waals surface area contributed by atoms with Crippen LogP contribution in [0.5, 0.6) is 0 Å². The SMILES string of the molecule is CCCNC(Cc1ccc(CC)cn1)c1cscn1. The smallest absolute Gasteiger partial charge is 0.0795 e. The van der Waals surface area contributed by atoms with Gasteiger partial charge in [0.25, 0.3) is 0 Å². The molecule has 2 aromatic rings. The summed E-state index contributed by atoms with van der Waals surface area (Å²) in [5, 5.41) is 5.67. The molecule has 2 aromatic heterocycles. The summed E-state index contributed by atoms with van der Waals surface area (Å²) in [6, 6.07) is 4.57. The van der Waals surface area contributed by atoms with E-state index in [0.717, 1.165) is 37.2 Å². The van der Waals surface area contributed by atoms with Crippen molar-refractivity contribution in [3.05, 3.63) is 46.2 Å². The molecule has 0 fully saturated rings. The number of nitrogens with zero attached hydrogens (tertiary/aromatic N) is 2. The molecule has 1 atom stereocenters. The van der Waals surface area contributed by atoms with Crippen molar-refractivity contribution in [3.63, 3.8) is 0 Å². The molecule has 0 saturated heterocycles. The number of pyridine rings is 1. The Bertz CT molecular complexity index is 465. The molecule has 0 aliphatic heterocycles. The van der Waals surface area contributed by atoms with E-state index in [1.54, 1.807) is 11.3 Å². The maximum Gasteiger partial charge on any atom is 0.0795 e. The lowest BCUT2D eigenvalue weighted by Gasteiger charge is -2.16. The highest BCUT2D eigenvalue weighted by atomic mass is 32.1. The van der Waals surface area contributed by atoms with Crippen LogP contribution < -0.4 is 5.32 Å². The zero-order valence-corrected chi connectivity index (χ0v) is 12.4. The van der Waals surface area contributed by atoms with Gasteiger partial charge >= 0.3 is 0 Å². The molecule has 3 nitrogen and oxygen atoms in total. The number of hydrogen-bond donors (Lipinski definition) is 1. The predicted molar refractivity (Wildman–Crippen MR) is 80.5 cm³/mol. The third kappa shape index (κ3) is 4.11. The van der Waals surface area contributed by atoms with E-state index < -0.39 is 0 Å². The minimum Gasteiger partial charge on any atom is -0.308 e. The molecule has 1 N–H and O–H groups in total. The fourth-order valence-electron chi connectivity index (χ4n) is 1.99. The lowest BCUT2D eigenvalue weighted by atomic mass is 10.1. The van der Waals surface area contributed by atoms with Crippen LogP contribution in [0.4, 0.5) is 0 Å². The van der Waals surface area contributed by atoms with Gasteiger partial charge in [0.2, 0.25) is 0 Å². The Balaban J connectivity index is 2.06. The summed E-state index contributed by atoms with van der Waals surface area (Å²) in [7, 11) is 0. The topological polar surface area (TPSA) is 37.8 Å². The molecule has 0 aliphatic rings. The van der Waals surface area contributed by atoms with E-state index in [2.05, 4.69) is 46.6 Å². The van der Waals surface area contributed by atoms with Gasteiger partial charge in [-0.25, -0.2) is 4.98 Å². The Kier molecular flexibility index (Phi) is 5.48. The molecule has 0 amide bonds. The van der Waals surface area contributed by atoms with Gasteiger partial charge in [-0.05, 0) is 31.0 Å². The summed E-state index contributed by atoms with van der Waals surface area (Å²) in [5.41, 5.74) is 5.43. The summed E-state index contributed by atoms with van der Waals surface area (Å²) in [5.74, 6) is 0. The van der Waals surface area contributed by atoms with Gasteiger partial charge in [-0.3, -0.25) is 4.98 Å². The van der Waals surface area contributed by atoms with Gasteiger partial charge in [0.15, 0.2) is 0 Å². The molecule has 102 valence electrons. The number of aryl methyl sites for hydroxylation is 1. The van der Waals surface area contributed by atoms with Crippen molar-refractivity contribution in [2.75, 3.05) is 6.54 Å². The first-order chi connectivity index (χ1) is 9.33. The first-order valence-electron chi connectivity index (χ1n) is 6.88. The van der Waals surface area contributed by atoms with Crippen LogP contribution in [-0.2, 0) is 12.8 Å². The van der Waals surface area contributed by atoms with Gasteiger partial charge < -0.3 is 5.32 Å². The van der Waals surface area contributed by atoms with Crippen LogP contribution in [0.1, 0.15) is 43.3 Å². The van der Waals surface area contributed by atoms with Gasteiger partial charge in [0.05, 0.1) is 17.2 Å². The summed E-state index contributed by atoms with van der Waals surface area (Å²) in [4.78, 5) is 8.97. The summed E-state index contributed by atoms with van der Waals surface area (Å²) >= 11 is 1.65. The fraction of sp³-hybridized carbons (Fsp3) is 0.467. The minimum atomic E-state index is 0.270. The molecule has 19 heavy (non-hydrogen) atoms. The van der Waals surface area contributed by atoms with Crippen molar-refractivity contribution in [2.45, 2.75) is 39.2 Å². The third-order valence-corrected chi connectivity index (χ3v) is 3.76. The van der Waals surface area contributed by atoms with Crippen LogP contribution in [0.25, 0.3) is 0 Å². The van der Waals surface area contributed by atoms with Crippen molar-refractivity contribution in [1.29, 1.82) is 0 Å². The first kappa shape index (κ1) is 14.2. The van der Waals surface area contributed by atoms with E-state index >= 15 is 0 Å². The zero-order valence-electron chi connectivity index (χ0n) is 11.6. The maximum absolute atomic E-state index is 4.54. The second kappa shape index (κ2) is 7.36. The van der Waals surface area contributed by atoms with E-state index in [9.17, 15) is 0 Å². The average Bonchev–Trinajstić information content (AvgIpc) is 2.98. The summed E-state index contributed by atoms with van der Waals surface area (Å²) in [6.45, 7) is 5.34. The third-order valence-electron chi connectivity index (χ3n) is 3.16. The molecule has 0 radical (unpaired) electrons. The van der Waals surface area contributed by atoms with Gasteiger partial charge in [0, 0.05) is 23.7 Å². The Hall–Kier alpha value is -1.26. The quantitative estimate of drug-likeness (QED) is 0.841. The Labute approximate surface area is 119 Å². The molecule has 0 saturated carbocycles. The normalized spacial score (nSPS) is 12.5. The molecular weight excluding hydrogens is 254 g/mol. The molecule has 0 spiro atoms. The average molecular weight is 275 g/mol. The van der Waals surface area contributed by atoms with E-state index in [1.165, 1.54) is 5.56 Å². The van der Waals surface area contributed by atoms with E-state index in [0.29, 0.717) is 0 Å². The number of nitrogens with one attached hydrogen (secondary N) is 1. The van der Waals surface area contributed by atoms with Crippen LogP contribution in [0.3, 0.4) is 0 Å². The maximum atomic E-state index is 4.54. The Morgan fingerprint density at radius 2 is 2.16 bits per heavy atom.